The van der Waals surface area contributed by atoms with Crippen LogP contribution in [-0.2, 0) is 4.74 Å². The molecule has 7 heteroatoms. The molecule has 0 unspecified atom stereocenters. The molecule has 0 saturated heterocycles. The topological polar surface area (TPSA) is 101 Å². The lowest BCUT2D eigenvalue weighted by atomic mass is 10.2. The van der Waals surface area contributed by atoms with Crippen LogP contribution in [0.3, 0.4) is 0 Å². The summed E-state index contributed by atoms with van der Waals surface area (Å²) in [6.45, 7) is 3.05. The Morgan fingerprint density at radius 1 is 1.55 bits per heavy atom. The summed E-state index contributed by atoms with van der Waals surface area (Å²) in [5, 5.41) is 11.4. The number of methoxy groups -OCH3 is 1. The molecule has 20 heavy (non-hydrogen) atoms. The van der Waals surface area contributed by atoms with Crippen LogP contribution >= 0.6 is 0 Å². The third kappa shape index (κ3) is 4.85. The van der Waals surface area contributed by atoms with Crippen LogP contribution in [0.1, 0.15) is 22.5 Å². The van der Waals surface area contributed by atoms with Crippen LogP contribution in [0.2, 0.25) is 0 Å². The molecule has 0 aliphatic carbocycles. The molecule has 1 heterocycles. The predicted octanol–water partition coefficient (Wildman–Crippen LogP) is 0.615. The van der Waals surface area contributed by atoms with Gasteiger partial charge in [0.15, 0.2) is 0 Å². The van der Waals surface area contributed by atoms with Gasteiger partial charge in [0.05, 0.1) is 6.61 Å². The Morgan fingerprint density at radius 2 is 2.30 bits per heavy atom. The summed E-state index contributed by atoms with van der Waals surface area (Å²) in [5.74, 6) is -0.0376. The largest absolute Gasteiger partial charge is 0.409 e. The third-order valence-electron chi connectivity index (χ3n) is 2.76. The number of carbonyl (C=O) groups is 1. The summed E-state index contributed by atoms with van der Waals surface area (Å²) >= 11 is 0. The van der Waals surface area contributed by atoms with Crippen molar-refractivity contribution in [2.24, 2.45) is 10.9 Å². The lowest BCUT2D eigenvalue weighted by Gasteiger charge is -2.22. The minimum atomic E-state index is -0.127. The lowest BCUT2D eigenvalue weighted by molar-refractivity contribution is 0.0700. The Hall–Kier alpha value is -2.15. The molecule has 0 aromatic carbocycles. The minimum absolute atomic E-state index is 0.0890. The van der Waals surface area contributed by atoms with Gasteiger partial charge in [-0.15, -0.1) is 0 Å². The van der Waals surface area contributed by atoms with E-state index in [0.717, 1.165) is 5.69 Å². The molecule has 1 rings (SSSR count). The molecule has 0 saturated carbocycles. The van der Waals surface area contributed by atoms with E-state index < -0.39 is 0 Å². The van der Waals surface area contributed by atoms with E-state index >= 15 is 0 Å². The van der Waals surface area contributed by atoms with E-state index in [1.807, 2.05) is 6.92 Å². The summed E-state index contributed by atoms with van der Waals surface area (Å²) in [5.41, 5.74) is 6.77. The number of carbonyl (C=O) groups excluding carboxylic acids is 1. The number of nitrogens with zero attached hydrogens (tertiary/aromatic N) is 3. The second-order valence-electron chi connectivity index (χ2n) is 4.31. The van der Waals surface area contributed by atoms with Gasteiger partial charge in [-0.1, -0.05) is 5.16 Å². The maximum Gasteiger partial charge on any atom is 0.254 e. The van der Waals surface area contributed by atoms with E-state index in [4.69, 9.17) is 15.7 Å². The number of hydrogen-bond acceptors (Lipinski definition) is 5. The average Bonchev–Trinajstić information content (AvgIpc) is 2.46. The number of aryl methyl sites for hydroxylation is 1. The number of hydrogen-bond donors (Lipinski definition) is 2. The van der Waals surface area contributed by atoms with Crippen molar-refractivity contribution in [3.63, 3.8) is 0 Å². The van der Waals surface area contributed by atoms with E-state index in [2.05, 4.69) is 10.1 Å². The molecule has 0 bridgehead atoms. The van der Waals surface area contributed by atoms with Gasteiger partial charge in [0.2, 0.25) is 0 Å². The molecule has 0 aliphatic rings. The fourth-order valence-electron chi connectivity index (χ4n) is 1.68. The molecule has 3 N–H and O–H groups in total. The van der Waals surface area contributed by atoms with Crippen LogP contribution in [0, 0.1) is 6.92 Å². The van der Waals surface area contributed by atoms with Crippen molar-refractivity contribution < 1.29 is 14.7 Å². The summed E-state index contributed by atoms with van der Waals surface area (Å²) in [4.78, 5) is 18.1. The van der Waals surface area contributed by atoms with Gasteiger partial charge in [0.25, 0.3) is 5.91 Å². The Balaban J connectivity index is 2.78. The molecule has 0 atom stereocenters. The predicted molar refractivity (Wildman–Crippen MR) is 74.8 cm³/mol. The van der Waals surface area contributed by atoms with Crippen molar-refractivity contribution >= 4 is 11.7 Å². The van der Waals surface area contributed by atoms with Gasteiger partial charge in [0.1, 0.15) is 5.84 Å². The fourth-order valence-corrected chi connectivity index (χ4v) is 1.68. The van der Waals surface area contributed by atoms with Crippen LogP contribution < -0.4 is 5.73 Å². The molecule has 1 amide bonds. The molecule has 0 aliphatic heterocycles. The summed E-state index contributed by atoms with van der Waals surface area (Å²) in [7, 11) is 1.57. The quantitative estimate of drug-likeness (QED) is 0.330. The van der Waals surface area contributed by atoms with Gasteiger partial charge in [-0.25, -0.2) is 0 Å². The van der Waals surface area contributed by atoms with Crippen molar-refractivity contribution in [3.8, 4) is 0 Å². The Bertz CT molecular complexity index is 476. The number of pyridine rings is 1. The van der Waals surface area contributed by atoms with Gasteiger partial charge in [-0.05, 0) is 19.1 Å². The smallest absolute Gasteiger partial charge is 0.254 e. The van der Waals surface area contributed by atoms with Crippen LogP contribution in [0.4, 0.5) is 0 Å². The molecule has 0 spiro atoms. The van der Waals surface area contributed by atoms with Gasteiger partial charge >= 0.3 is 0 Å². The van der Waals surface area contributed by atoms with Crippen molar-refractivity contribution in [1.82, 2.24) is 9.88 Å². The number of oxime groups is 1. The molecule has 110 valence electrons. The summed E-state index contributed by atoms with van der Waals surface area (Å²) in [6.07, 6.45) is 1.90. The number of nitrogens with two attached hydrogens (primary N) is 1. The van der Waals surface area contributed by atoms with Crippen molar-refractivity contribution in [3.05, 3.63) is 29.6 Å². The second kappa shape index (κ2) is 8.11. The zero-order chi connectivity index (χ0) is 15.0. The number of amidine groups is 1. The summed E-state index contributed by atoms with van der Waals surface area (Å²) in [6, 6.07) is 3.39. The van der Waals surface area contributed by atoms with E-state index in [1.54, 1.807) is 30.3 Å². The highest BCUT2D eigenvalue weighted by Crippen LogP contribution is 2.06. The first-order valence-corrected chi connectivity index (χ1v) is 6.25. The number of ether oxygens (including phenoxy) is 1. The maximum absolute atomic E-state index is 12.4. The normalized spacial score (nSPS) is 11.4. The van der Waals surface area contributed by atoms with Gasteiger partial charge < -0.3 is 20.6 Å². The number of aromatic nitrogens is 1. The van der Waals surface area contributed by atoms with Crippen LogP contribution in [-0.4, -0.2) is 53.6 Å². The second-order valence-corrected chi connectivity index (χ2v) is 4.31. The van der Waals surface area contributed by atoms with Gasteiger partial charge in [-0.3, -0.25) is 9.78 Å². The van der Waals surface area contributed by atoms with Crippen LogP contribution in [0.25, 0.3) is 0 Å². The van der Waals surface area contributed by atoms with Crippen molar-refractivity contribution in [1.29, 1.82) is 0 Å². The highest BCUT2D eigenvalue weighted by molar-refractivity contribution is 5.94. The number of amides is 1. The van der Waals surface area contributed by atoms with E-state index in [-0.39, 0.29) is 11.7 Å². The Morgan fingerprint density at radius 3 is 2.90 bits per heavy atom. The minimum Gasteiger partial charge on any atom is -0.409 e. The highest BCUT2D eigenvalue weighted by Gasteiger charge is 2.16. The summed E-state index contributed by atoms with van der Waals surface area (Å²) < 4.78 is 5.00. The monoisotopic (exact) mass is 280 g/mol. The lowest BCUT2D eigenvalue weighted by Crippen LogP contribution is -2.36. The van der Waals surface area contributed by atoms with Gasteiger partial charge in [0, 0.05) is 44.1 Å². The van der Waals surface area contributed by atoms with Crippen LogP contribution in [0.15, 0.2) is 23.5 Å². The first-order chi connectivity index (χ1) is 9.58. The maximum atomic E-state index is 12.4. The molecule has 1 aromatic rings. The SMILES string of the molecule is COCCN(CC/C(N)=N/O)C(=O)c1ccnc(C)c1. The van der Waals surface area contributed by atoms with E-state index in [9.17, 15) is 4.79 Å². The molecular weight excluding hydrogens is 260 g/mol. The fraction of sp³-hybridized carbons (Fsp3) is 0.462. The highest BCUT2D eigenvalue weighted by atomic mass is 16.5. The average molecular weight is 280 g/mol. The first kappa shape index (κ1) is 15.9. The molecule has 7 nitrogen and oxygen atoms in total. The Kier molecular flexibility index (Phi) is 6.45. The van der Waals surface area contributed by atoms with E-state index in [1.165, 1.54) is 0 Å². The Labute approximate surface area is 118 Å². The molecule has 0 radical (unpaired) electrons. The zero-order valence-electron chi connectivity index (χ0n) is 11.7. The zero-order valence-corrected chi connectivity index (χ0v) is 11.7. The van der Waals surface area contributed by atoms with E-state index in [0.29, 0.717) is 31.7 Å². The first-order valence-electron chi connectivity index (χ1n) is 6.25. The van der Waals surface area contributed by atoms with Gasteiger partial charge in [-0.2, -0.15) is 0 Å². The number of rotatable bonds is 7. The third-order valence-corrected chi connectivity index (χ3v) is 2.76. The molecule has 1 aromatic heterocycles. The van der Waals surface area contributed by atoms with Crippen LogP contribution in [0.5, 0.6) is 0 Å². The molecular formula is C13H20N4O3. The van der Waals surface area contributed by atoms with Crippen molar-refractivity contribution in [2.45, 2.75) is 13.3 Å². The molecule has 0 fully saturated rings. The van der Waals surface area contributed by atoms with Crippen molar-refractivity contribution in [2.75, 3.05) is 26.8 Å². The standard InChI is InChI=1S/C13H20N4O3/c1-10-9-11(3-5-15-10)13(18)17(7-8-20-2)6-4-12(14)16-19/h3,5,9,19H,4,6-8H2,1-2H3,(H2,14,16).